The molecule has 0 unspecified atom stereocenters. The molecule has 0 aromatic heterocycles. The first kappa shape index (κ1) is 23.5. The predicted octanol–water partition coefficient (Wildman–Crippen LogP) is 8.35. The summed E-state index contributed by atoms with van der Waals surface area (Å²) < 4.78 is 0. The van der Waals surface area contributed by atoms with Gasteiger partial charge in [0.15, 0.2) is 0 Å². The summed E-state index contributed by atoms with van der Waals surface area (Å²) in [5, 5.41) is 0. The maximum absolute atomic E-state index is 5.10. The van der Waals surface area contributed by atoms with Crippen molar-refractivity contribution >= 4 is 17.0 Å². The third-order valence-electron chi connectivity index (χ3n) is 6.03. The predicted molar refractivity (Wildman–Crippen MR) is 142 cm³/mol. The van der Waals surface area contributed by atoms with Crippen molar-refractivity contribution in [2.45, 2.75) is 54.9 Å². The second kappa shape index (κ2) is 9.96. The van der Waals surface area contributed by atoms with Crippen LogP contribution in [0.15, 0.2) is 72.2 Å². The maximum Gasteiger partial charge on any atom is 0.0714 e. The summed E-state index contributed by atoms with van der Waals surface area (Å²) in [6.45, 7) is 19.4. The zero-order chi connectivity index (χ0) is 23.4. The van der Waals surface area contributed by atoms with E-state index in [1.165, 1.54) is 44.5 Å². The zero-order valence-electron chi connectivity index (χ0n) is 20.6. The topological polar surface area (TPSA) is 12.4 Å². The molecule has 0 radical (unpaired) electrons. The number of rotatable bonds is 6. The lowest BCUT2D eigenvalue weighted by Gasteiger charge is -2.14. The van der Waals surface area contributed by atoms with Crippen LogP contribution < -0.4 is 0 Å². The molecule has 0 amide bonds. The molecular formula is C31H35N. The smallest absolute Gasteiger partial charge is 0.0714 e. The van der Waals surface area contributed by atoms with Crippen LogP contribution in [0.2, 0.25) is 0 Å². The van der Waals surface area contributed by atoms with E-state index in [1.807, 2.05) is 0 Å². The molecule has 0 spiro atoms. The fourth-order valence-corrected chi connectivity index (χ4v) is 4.31. The Morgan fingerprint density at radius 2 is 1.25 bits per heavy atom. The van der Waals surface area contributed by atoms with Gasteiger partial charge in [-0.05, 0) is 81.9 Å². The second-order valence-electron chi connectivity index (χ2n) is 8.92. The number of allylic oxidation sites excluding steroid dienone is 2. The summed E-state index contributed by atoms with van der Waals surface area (Å²) >= 11 is 0. The highest BCUT2D eigenvalue weighted by Crippen LogP contribution is 2.26. The second-order valence-corrected chi connectivity index (χ2v) is 8.92. The summed E-state index contributed by atoms with van der Waals surface area (Å²) in [6, 6.07) is 19.7. The highest BCUT2D eigenvalue weighted by molar-refractivity contribution is 6.14. The molecule has 0 saturated carbocycles. The average Bonchev–Trinajstić information content (AvgIpc) is 2.73. The van der Waals surface area contributed by atoms with E-state index in [-0.39, 0.29) is 0 Å². The Hall–Kier alpha value is -3.19. The Morgan fingerprint density at radius 1 is 0.750 bits per heavy atom. The SMILES string of the molecule is C=C(/N=C(\C=C(/C)c1ccc(C)cc1C)c1ccc(C)cc1C)c1ccc(C)cc1CC. The van der Waals surface area contributed by atoms with Gasteiger partial charge in [-0.1, -0.05) is 84.8 Å². The van der Waals surface area contributed by atoms with Crippen molar-refractivity contribution in [3.05, 3.63) is 117 Å². The summed E-state index contributed by atoms with van der Waals surface area (Å²) in [5.74, 6) is 0. The van der Waals surface area contributed by atoms with E-state index in [0.29, 0.717) is 0 Å². The Morgan fingerprint density at radius 3 is 1.78 bits per heavy atom. The van der Waals surface area contributed by atoms with Gasteiger partial charge in [-0.2, -0.15) is 0 Å². The molecule has 0 aliphatic rings. The third kappa shape index (κ3) is 5.34. The van der Waals surface area contributed by atoms with Crippen LogP contribution in [0.4, 0.5) is 0 Å². The molecule has 3 rings (SSSR count). The van der Waals surface area contributed by atoms with Gasteiger partial charge in [-0.3, -0.25) is 0 Å². The molecular weight excluding hydrogens is 386 g/mol. The molecule has 1 heteroatoms. The summed E-state index contributed by atoms with van der Waals surface area (Å²) in [7, 11) is 0. The molecule has 3 aromatic rings. The minimum atomic E-state index is 0.807. The summed E-state index contributed by atoms with van der Waals surface area (Å²) in [5.41, 5.74) is 14.1. The van der Waals surface area contributed by atoms with Crippen LogP contribution in [-0.4, -0.2) is 5.71 Å². The summed E-state index contributed by atoms with van der Waals surface area (Å²) in [4.78, 5) is 5.10. The number of aliphatic imine (C=N–C) groups is 1. The van der Waals surface area contributed by atoms with Crippen molar-refractivity contribution in [3.8, 4) is 0 Å². The van der Waals surface area contributed by atoms with E-state index < -0.39 is 0 Å². The first-order valence-corrected chi connectivity index (χ1v) is 11.4. The molecule has 3 aromatic carbocycles. The lowest BCUT2D eigenvalue weighted by Crippen LogP contribution is -2.03. The number of nitrogens with zero attached hydrogens (tertiary/aromatic N) is 1. The fraction of sp³-hybridized carbons (Fsp3) is 0.258. The van der Waals surface area contributed by atoms with Crippen molar-refractivity contribution in [2.75, 3.05) is 0 Å². The first-order chi connectivity index (χ1) is 15.2. The van der Waals surface area contributed by atoms with Crippen LogP contribution in [0.3, 0.4) is 0 Å². The van der Waals surface area contributed by atoms with E-state index in [4.69, 9.17) is 4.99 Å². The van der Waals surface area contributed by atoms with Crippen molar-refractivity contribution < 1.29 is 0 Å². The molecule has 0 fully saturated rings. The number of hydrogen-bond donors (Lipinski definition) is 0. The van der Waals surface area contributed by atoms with Gasteiger partial charge in [0, 0.05) is 11.1 Å². The molecule has 0 heterocycles. The van der Waals surface area contributed by atoms with E-state index >= 15 is 0 Å². The van der Waals surface area contributed by atoms with Crippen molar-refractivity contribution in [1.29, 1.82) is 0 Å². The van der Waals surface area contributed by atoms with Gasteiger partial charge in [0.25, 0.3) is 0 Å². The van der Waals surface area contributed by atoms with Crippen molar-refractivity contribution in [3.63, 3.8) is 0 Å². The molecule has 0 bridgehead atoms. The lowest BCUT2D eigenvalue weighted by atomic mass is 9.95. The largest absolute Gasteiger partial charge is 0.248 e. The molecule has 0 aliphatic heterocycles. The van der Waals surface area contributed by atoms with E-state index in [9.17, 15) is 0 Å². The molecule has 1 nitrogen and oxygen atoms in total. The molecule has 32 heavy (non-hydrogen) atoms. The van der Waals surface area contributed by atoms with Gasteiger partial charge in [0.05, 0.1) is 11.4 Å². The number of benzene rings is 3. The normalized spacial score (nSPS) is 12.2. The molecule has 0 atom stereocenters. The van der Waals surface area contributed by atoms with Crippen LogP contribution in [-0.2, 0) is 6.42 Å². The van der Waals surface area contributed by atoms with Gasteiger partial charge < -0.3 is 0 Å². The van der Waals surface area contributed by atoms with Crippen LogP contribution in [0, 0.1) is 34.6 Å². The molecule has 0 N–H and O–H groups in total. The van der Waals surface area contributed by atoms with E-state index in [1.54, 1.807) is 0 Å². The standard InChI is InChI=1S/C31H35N/c1-9-27-18-22(4)12-15-30(27)26(8)32-31(29-14-11-21(3)17-24(29)6)19-25(7)28-13-10-20(2)16-23(28)5/h10-19H,8-9H2,1-7H3/b25-19+,32-31+. The lowest BCUT2D eigenvalue weighted by molar-refractivity contribution is 1.12. The first-order valence-electron chi connectivity index (χ1n) is 11.4. The molecule has 0 saturated heterocycles. The third-order valence-corrected chi connectivity index (χ3v) is 6.03. The van der Waals surface area contributed by atoms with Crippen LogP contribution in [0.5, 0.6) is 0 Å². The molecule has 164 valence electrons. The Bertz CT molecular complexity index is 1220. The Kier molecular flexibility index (Phi) is 7.30. The number of hydrogen-bond acceptors (Lipinski definition) is 1. The summed E-state index contributed by atoms with van der Waals surface area (Å²) in [6.07, 6.45) is 3.17. The monoisotopic (exact) mass is 421 g/mol. The average molecular weight is 422 g/mol. The fourth-order valence-electron chi connectivity index (χ4n) is 4.31. The van der Waals surface area contributed by atoms with Crippen LogP contribution >= 0.6 is 0 Å². The molecule has 0 aliphatic carbocycles. The van der Waals surface area contributed by atoms with E-state index in [2.05, 4.69) is 116 Å². The van der Waals surface area contributed by atoms with Gasteiger partial charge in [0.2, 0.25) is 0 Å². The van der Waals surface area contributed by atoms with Gasteiger partial charge in [-0.25, -0.2) is 4.99 Å². The van der Waals surface area contributed by atoms with Crippen LogP contribution in [0.1, 0.15) is 63.9 Å². The van der Waals surface area contributed by atoms with Crippen molar-refractivity contribution in [1.82, 2.24) is 0 Å². The minimum absolute atomic E-state index is 0.807. The minimum Gasteiger partial charge on any atom is -0.248 e. The zero-order valence-corrected chi connectivity index (χ0v) is 20.6. The highest BCUT2D eigenvalue weighted by Gasteiger charge is 2.11. The van der Waals surface area contributed by atoms with Crippen LogP contribution in [0.25, 0.3) is 11.3 Å². The quantitative estimate of drug-likeness (QED) is 0.355. The Balaban J connectivity index is 2.16. The van der Waals surface area contributed by atoms with Gasteiger partial charge in [-0.15, -0.1) is 0 Å². The number of aryl methyl sites for hydroxylation is 6. The maximum atomic E-state index is 5.10. The van der Waals surface area contributed by atoms with Crippen molar-refractivity contribution in [2.24, 2.45) is 4.99 Å². The highest BCUT2D eigenvalue weighted by atomic mass is 14.8. The van der Waals surface area contributed by atoms with E-state index in [0.717, 1.165) is 29.0 Å². The van der Waals surface area contributed by atoms with Gasteiger partial charge >= 0.3 is 0 Å². The Labute approximate surface area is 194 Å². The van der Waals surface area contributed by atoms with Gasteiger partial charge in [0.1, 0.15) is 0 Å².